The number of hydrogen-bond donors (Lipinski definition) is 0. The van der Waals surface area contributed by atoms with E-state index >= 15 is 0 Å². The highest BCUT2D eigenvalue weighted by Gasteiger charge is 2.53. The lowest BCUT2D eigenvalue weighted by Gasteiger charge is -2.25. The number of rotatable bonds is 3. The van der Waals surface area contributed by atoms with Gasteiger partial charge >= 0.3 is 0 Å². The number of aromatic nitrogens is 1. The molecule has 1 spiro atoms. The normalized spacial score (nSPS) is 21.1. The molecule has 28 heavy (non-hydrogen) atoms. The van der Waals surface area contributed by atoms with Crippen molar-refractivity contribution in [3.8, 4) is 5.88 Å². The maximum atomic E-state index is 13.5. The minimum absolute atomic E-state index is 0.222. The highest BCUT2D eigenvalue weighted by atomic mass is 32.2. The smallest absolute Gasteiger partial charge is 0.273 e. The van der Waals surface area contributed by atoms with Crippen LogP contribution < -0.4 is 4.74 Å². The number of ether oxygens (including phenoxy) is 1. The van der Waals surface area contributed by atoms with Crippen molar-refractivity contribution in [3.63, 3.8) is 0 Å². The Kier molecular flexibility index (Phi) is 4.97. The van der Waals surface area contributed by atoms with Gasteiger partial charge in [-0.15, -0.1) is 4.31 Å². The zero-order valence-corrected chi connectivity index (χ0v) is 18.4. The summed E-state index contributed by atoms with van der Waals surface area (Å²) in [5.74, 6) is 0.544. The van der Waals surface area contributed by atoms with E-state index in [0.717, 1.165) is 24.8 Å². The lowest BCUT2D eigenvalue weighted by atomic mass is 9.87. The predicted octanol–water partition coefficient (Wildman–Crippen LogP) is 4.74. The second kappa shape index (κ2) is 7.05. The summed E-state index contributed by atoms with van der Waals surface area (Å²) in [6.07, 6.45) is 4.82. The van der Waals surface area contributed by atoms with E-state index in [1.54, 1.807) is 6.20 Å². The van der Waals surface area contributed by atoms with Crippen molar-refractivity contribution in [1.82, 2.24) is 9.29 Å². The van der Waals surface area contributed by atoms with E-state index in [2.05, 4.69) is 55.2 Å². The summed E-state index contributed by atoms with van der Waals surface area (Å²) in [7, 11) is 0. The molecule has 1 aliphatic carbocycles. The average molecular weight is 399 g/mol. The van der Waals surface area contributed by atoms with E-state index in [0.29, 0.717) is 23.9 Å². The zero-order chi connectivity index (χ0) is 20.1. The molecule has 0 saturated heterocycles. The van der Waals surface area contributed by atoms with E-state index in [9.17, 15) is 4.55 Å². The summed E-state index contributed by atoms with van der Waals surface area (Å²) in [5, 5.41) is 0. The van der Waals surface area contributed by atoms with Gasteiger partial charge in [-0.25, -0.2) is 4.98 Å². The van der Waals surface area contributed by atoms with Crippen LogP contribution in [0.3, 0.4) is 0 Å². The van der Waals surface area contributed by atoms with Gasteiger partial charge in [-0.05, 0) is 60.8 Å². The van der Waals surface area contributed by atoms with Gasteiger partial charge in [0.25, 0.3) is 5.88 Å². The van der Waals surface area contributed by atoms with Crippen molar-refractivity contribution in [3.05, 3.63) is 52.7 Å². The first kappa shape index (κ1) is 19.7. The summed E-state index contributed by atoms with van der Waals surface area (Å²) in [4.78, 5) is 5.14. The summed E-state index contributed by atoms with van der Waals surface area (Å²) in [6, 6.07) is 8.66. The van der Waals surface area contributed by atoms with Gasteiger partial charge < -0.3 is 9.29 Å². The quantitative estimate of drug-likeness (QED) is 0.701. The SMILES string of the molecule is Cc1cnc2c(c1)[S+]([O-])N(Cc1cc(CC(C)(C)C)ccc1C)CC1(CC1)O2. The fraction of sp³-hybridized carbons (Fsp3) is 0.522. The maximum Gasteiger partial charge on any atom is 0.273 e. The van der Waals surface area contributed by atoms with Crippen LogP contribution in [0.2, 0.25) is 0 Å². The highest BCUT2D eigenvalue weighted by molar-refractivity contribution is 7.89. The zero-order valence-electron chi connectivity index (χ0n) is 17.5. The molecule has 2 heterocycles. The lowest BCUT2D eigenvalue weighted by molar-refractivity contribution is 0.144. The van der Waals surface area contributed by atoms with Gasteiger partial charge in [-0.1, -0.05) is 39.0 Å². The van der Waals surface area contributed by atoms with Crippen LogP contribution in [0.25, 0.3) is 0 Å². The van der Waals surface area contributed by atoms with Crippen LogP contribution in [0, 0.1) is 19.3 Å². The molecule has 0 N–H and O–H groups in total. The van der Waals surface area contributed by atoms with Crippen LogP contribution in [0.1, 0.15) is 55.9 Å². The Morgan fingerprint density at radius 1 is 1.21 bits per heavy atom. The molecular weight excluding hydrogens is 368 g/mol. The Balaban J connectivity index is 1.64. The summed E-state index contributed by atoms with van der Waals surface area (Å²) in [6.45, 7) is 12.2. The first-order valence-electron chi connectivity index (χ1n) is 10.1. The largest absolute Gasteiger partial charge is 0.593 e. The molecule has 1 aliphatic heterocycles. The van der Waals surface area contributed by atoms with E-state index < -0.39 is 11.4 Å². The first-order chi connectivity index (χ1) is 13.1. The van der Waals surface area contributed by atoms with Crippen LogP contribution in [-0.2, 0) is 24.3 Å². The van der Waals surface area contributed by atoms with E-state index in [1.807, 2.05) is 13.0 Å². The number of aryl methyl sites for hydroxylation is 2. The minimum Gasteiger partial charge on any atom is -0.593 e. The van der Waals surface area contributed by atoms with Gasteiger partial charge in [0.2, 0.25) is 4.90 Å². The van der Waals surface area contributed by atoms with Gasteiger partial charge in [0.15, 0.2) is 0 Å². The van der Waals surface area contributed by atoms with Crippen LogP contribution >= 0.6 is 0 Å². The second-order valence-electron chi connectivity index (χ2n) is 9.65. The third kappa shape index (κ3) is 4.22. The third-order valence-electron chi connectivity index (χ3n) is 5.46. The molecule has 150 valence electrons. The molecule has 1 aromatic carbocycles. The van der Waals surface area contributed by atoms with Crippen LogP contribution in [0.4, 0.5) is 0 Å². The van der Waals surface area contributed by atoms with Gasteiger partial charge in [-0.2, -0.15) is 0 Å². The Hall–Kier alpha value is -1.56. The van der Waals surface area contributed by atoms with E-state index in [1.165, 1.54) is 16.7 Å². The molecule has 0 amide bonds. The number of fused-ring (bicyclic) bond motifs is 1. The maximum absolute atomic E-state index is 13.5. The molecule has 1 unspecified atom stereocenters. The van der Waals surface area contributed by atoms with Gasteiger partial charge in [0.05, 0.1) is 24.5 Å². The van der Waals surface area contributed by atoms with Crippen molar-refractivity contribution in [1.29, 1.82) is 0 Å². The Bertz CT molecular complexity index is 887. The molecule has 1 aromatic heterocycles. The van der Waals surface area contributed by atoms with Crippen molar-refractivity contribution in [2.24, 2.45) is 5.41 Å². The number of benzene rings is 1. The van der Waals surface area contributed by atoms with Crippen LogP contribution in [-0.4, -0.2) is 26.0 Å². The Morgan fingerprint density at radius 2 is 1.96 bits per heavy atom. The third-order valence-corrected chi connectivity index (χ3v) is 6.85. The Morgan fingerprint density at radius 3 is 2.64 bits per heavy atom. The van der Waals surface area contributed by atoms with Gasteiger partial charge in [0.1, 0.15) is 5.60 Å². The molecule has 4 nitrogen and oxygen atoms in total. The van der Waals surface area contributed by atoms with Crippen molar-refractivity contribution >= 4 is 11.4 Å². The van der Waals surface area contributed by atoms with Crippen LogP contribution in [0.5, 0.6) is 5.88 Å². The Labute approximate surface area is 171 Å². The molecule has 0 radical (unpaired) electrons. The molecule has 1 atom stereocenters. The van der Waals surface area contributed by atoms with Crippen molar-refractivity contribution in [2.45, 2.75) is 70.9 Å². The van der Waals surface area contributed by atoms with Crippen molar-refractivity contribution < 1.29 is 9.29 Å². The second-order valence-corrected chi connectivity index (χ2v) is 11.1. The molecule has 1 saturated carbocycles. The number of pyridine rings is 1. The molecular formula is C23H30N2O2S. The molecule has 2 aromatic rings. The fourth-order valence-corrected chi connectivity index (χ4v) is 5.23. The number of hydrogen-bond acceptors (Lipinski definition) is 4. The lowest BCUT2D eigenvalue weighted by Crippen LogP contribution is -2.38. The topological polar surface area (TPSA) is 48.4 Å². The first-order valence-corrected chi connectivity index (χ1v) is 11.2. The molecule has 4 rings (SSSR count). The van der Waals surface area contributed by atoms with Gasteiger partial charge in [0, 0.05) is 12.3 Å². The average Bonchev–Trinajstić information content (AvgIpc) is 3.37. The number of nitrogens with zero attached hydrogens (tertiary/aromatic N) is 2. The monoisotopic (exact) mass is 398 g/mol. The molecule has 1 fully saturated rings. The standard InChI is InChI=1S/C23H30N2O2S/c1-16-10-20-21(24-13-16)27-23(8-9-23)15-25(28(20)26)14-19-11-18(7-6-17(19)2)12-22(3,4)5/h6-7,10-11,13H,8-9,12,14-15H2,1-5H3. The molecule has 2 aliphatic rings. The summed E-state index contributed by atoms with van der Waals surface area (Å²) in [5.41, 5.74) is 4.85. The fourth-order valence-electron chi connectivity index (χ4n) is 3.81. The summed E-state index contributed by atoms with van der Waals surface area (Å²) < 4.78 is 21.7. The van der Waals surface area contributed by atoms with E-state index in [4.69, 9.17) is 4.74 Å². The molecule has 0 bridgehead atoms. The predicted molar refractivity (Wildman–Crippen MR) is 113 cm³/mol. The van der Waals surface area contributed by atoms with Crippen molar-refractivity contribution in [2.75, 3.05) is 6.54 Å². The minimum atomic E-state index is -1.28. The van der Waals surface area contributed by atoms with E-state index in [-0.39, 0.29) is 11.0 Å². The highest BCUT2D eigenvalue weighted by Crippen LogP contribution is 2.46. The van der Waals surface area contributed by atoms with Crippen LogP contribution in [0.15, 0.2) is 35.4 Å². The summed E-state index contributed by atoms with van der Waals surface area (Å²) >= 11 is -1.28. The molecule has 5 heteroatoms. The van der Waals surface area contributed by atoms with Gasteiger partial charge in [-0.3, -0.25) is 0 Å².